The zero-order chi connectivity index (χ0) is 13.2. The molecule has 0 radical (unpaired) electrons. The number of hydrogen-bond acceptors (Lipinski definition) is 2. The van der Waals surface area contributed by atoms with Crippen molar-refractivity contribution < 1.29 is 0 Å². The Morgan fingerprint density at radius 1 is 1.37 bits per heavy atom. The number of aromatic nitrogens is 2. The fourth-order valence-electron chi connectivity index (χ4n) is 1.65. The van der Waals surface area contributed by atoms with Crippen LogP contribution in [0.5, 0.6) is 0 Å². The van der Waals surface area contributed by atoms with Gasteiger partial charge in [-0.05, 0) is 39.0 Å². The summed E-state index contributed by atoms with van der Waals surface area (Å²) in [5.74, 6) is 0.441. The van der Waals surface area contributed by atoms with E-state index in [0.717, 1.165) is 16.7 Å². The first-order chi connectivity index (χ1) is 8.44. The van der Waals surface area contributed by atoms with E-state index in [9.17, 15) is 0 Å². The molecular formula is C13H20IN5. The van der Waals surface area contributed by atoms with E-state index >= 15 is 0 Å². The van der Waals surface area contributed by atoms with Crippen molar-refractivity contribution in [1.29, 1.82) is 0 Å². The molecule has 2 rings (SSSR count). The van der Waals surface area contributed by atoms with Crippen molar-refractivity contribution >= 4 is 41.0 Å². The van der Waals surface area contributed by atoms with Crippen LogP contribution < -0.4 is 11.1 Å². The van der Waals surface area contributed by atoms with Crippen molar-refractivity contribution in [3.63, 3.8) is 0 Å². The molecule has 0 aliphatic rings. The number of nitrogens with two attached hydrogens (primary N) is 1. The van der Waals surface area contributed by atoms with Gasteiger partial charge in [0.25, 0.3) is 0 Å². The molecule has 0 saturated carbocycles. The summed E-state index contributed by atoms with van der Waals surface area (Å²) in [6.07, 6.45) is 1.88. The molecule has 2 heterocycles. The zero-order valence-corrected chi connectivity index (χ0v) is 13.7. The lowest BCUT2D eigenvalue weighted by Crippen LogP contribution is -2.44. The molecule has 6 heteroatoms. The predicted molar refractivity (Wildman–Crippen MR) is 89.7 cm³/mol. The summed E-state index contributed by atoms with van der Waals surface area (Å²) in [4.78, 5) is 11.8. The lowest BCUT2D eigenvalue weighted by molar-refractivity contribution is 0.508. The molecule has 0 spiro atoms. The van der Waals surface area contributed by atoms with E-state index in [0.29, 0.717) is 12.5 Å². The van der Waals surface area contributed by atoms with Gasteiger partial charge in [0.1, 0.15) is 5.65 Å². The summed E-state index contributed by atoms with van der Waals surface area (Å²) in [7, 11) is 0. The van der Waals surface area contributed by atoms with Crippen LogP contribution in [0.4, 0.5) is 0 Å². The monoisotopic (exact) mass is 373 g/mol. The Morgan fingerprint density at radius 2 is 2.11 bits per heavy atom. The molecule has 0 unspecified atom stereocenters. The fraction of sp³-hybridized carbons (Fsp3) is 0.385. The molecule has 0 saturated heterocycles. The van der Waals surface area contributed by atoms with Crippen LogP contribution in [0.1, 0.15) is 26.5 Å². The van der Waals surface area contributed by atoms with E-state index in [2.05, 4.69) is 20.3 Å². The molecule has 0 atom stereocenters. The molecule has 0 amide bonds. The maximum absolute atomic E-state index is 5.80. The van der Waals surface area contributed by atoms with Crippen molar-refractivity contribution in [2.75, 3.05) is 0 Å². The highest BCUT2D eigenvalue weighted by Gasteiger charge is 2.09. The molecule has 5 nitrogen and oxygen atoms in total. The van der Waals surface area contributed by atoms with Crippen LogP contribution in [0.2, 0.25) is 0 Å². The number of aliphatic imine (C=N–C) groups is 1. The second-order valence-electron chi connectivity index (χ2n) is 5.29. The van der Waals surface area contributed by atoms with Crippen LogP contribution in [0.25, 0.3) is 11.0 Å². The largest absolute Gasteiger partial charge is 0.370 e. The minimum atomic E-state index is -0.0789. The highest BCUT2D eigenvalue weighted by atomic mass is 127. The summed E-state index contributed by atoms with van der Waals surface area (Å²) >= 11 is 0. The number of nitrogens with one attached hydrogen (secondary N) is 2. The molecule has 4 N–H and O–H groups in total. The molecule has 2 aromatic rings. The first-order valence-corrected chi connectivity index (χ1v) is 5.95. The quantitative estimate of drug-likeness (QED) is 0.430. The van der Waals surface area contributed by atoms with Gasteiger partial charge in [-0.15, -0.1) is 24.0 Å². The fourth-order valence-corrected chi connectivity index (χ4v) is 1.65. The third-order valence-corrected chi connectivity index (χ3v) is 2.38. The molecule has 0 aliphatic heterocycles. The number of guanidine groups is 1. The topological polar surface area (TPSA) is 79.1 Å². The second kappa shape index (κ2) is 6.23. The van der Waals surface area contributed by atoms with Crippen LogP contribution >= 0.6 is 24.0 Å². The van der Waals surface area contributed by atoms with Crippen LogP contribution in [-0.2, 0) is 6.54 Å². The van der Waals surface area contributed by atoms with Crippen molar-refractivity contribution in [3.8, 4) is 0 Å². The van der Waals surface area contributed by atoms with Gasteiger partial charge < -0.3 is 16.0 Å². The van der Waals surface area contributed by atoms with E-state index < -0.39 is 0 Å². The third-order valence-electron chi connectivity index (χ3n) is 2.38. The van der Waals surface area contributed by atoms with Gasteiger partial charge in [-0.25, -0.2) is 9.98 Å². The van der Waals surface area contributed by atoms with Crippen LogP contribution in [0, 0.1) is 0 Å². The number of nitrogens with zero attached hydrogens (tertiary/aromatic N) is 2. The molecule has 2 aromatic heterocycles. The van der Waals surface area contributed by atoms with Gasteiger partial charge in [-0.2, -0.15) is 0 Å². The van der Waals surface area contributed by atoms with Crippen molar-refractivity contribution in [2.24, 2.45) is 10.7 Å². The van der Waals surface area contributed by atoms with Gasteiger partial charge in [-0.3, -0.25) is 0 Å². The Balaban J connectivity index is 0.00000180. The predicted octanol–water partition coefficient (Wildman–Crippen LogP) is 2.38. The van der Waals surface area contributed by atoms with Crippen LogP contribution in [0.3, 0.4) is 0 Å². The number of aromatic amines is 1. The summed E-state index contributed by atoms with van der Waals surface area (Å²) < 4.78 is 0. The van der Waals surface area contributed by atoms with E-state index in [4.69, 9.17) is 5.73 Å². The average molecular weight is 373 g/mol. The highest BCUT2D eigenvalue weighted by molar-refractivity contribution is 14.0. The number of fused-ring (bicyclic) bond motifs is 1. The maximum Gasteiger partial charge on any atom is 0.189 e. The second-order valence-corrected chi connectivity index (χ2v) is 5.29. The van der Waals surface area contributed by atoms with Gasteiger partial charge in [0.15, 0.2) is 5.96 Å². The third kappa shape index (κ3) is 4.70. The smallest absolute Gasteiger partial charge is 0.189 e. The Kier molecular flexibility index (Phi) is 5.16. The average Bonchev–Trinajstić information content (AvgIpc) is 2.71. The van der Waals surface area contributed by atoms with E-state index in [-0.39, 0.29) is 29.5 Å². The van der Waals surface area contributed by atoms with Gasteiger partial charge >= 0.3 is 0 Å². The summed E-state index contributed by atoms with van der Waals surface area (Å²) in [6.45, 7) is 6.60. The number of rotatable bonds is 2. The molecular weight excluding hydrogens is 353 g/mol. The summed E-state index contributed by atoms with van der Waals surface area (Å²) in [5.41, 5.74) is 7.50. The standard InChI is InChI=1S/C13H19N5.HI/c1-13(2,3)18-12(14)16-8-10-5-4-9-6-7-15-11(9)17-10;/h4-7H,8H2,1-3H3,(H,15,17)(H3,14,16,18);1H. The Morgan fingerprint density at radius 3 is 2.79 bits per heavy atom. The van der Waals surface area contributed by atoms with Crippen molar-refractivity contribution in [3.05, 3.63) is 30.1 Å². The number of H-pyrrole nitrogens is 1. The molecule has 0 aromatic carbocycles. The van der Waals surface area contributed by atoms with Gasteiger partial charge in [0.05, 0.1) is 12.2 Å². The van der Waals surface area contributed by atoms with Crippen molar-refractivity contribution in [2.45, 2.75) is 32.9 Å². The molecule has 104 valence electrons. The lowest BCUT2D eigenvalue weighted by atomic mass is 10.1. The van der Waals surface area contributed by atoms with Gasteiger partial charge in [0, 0.05) is 17.1 Å². The zero-order valence-electron chi connectivity index (χ0n) is 11.4. The number of pyridine rings is 1. The van der Waals surface area contributed by atoms with Crippen molar-refractivity contribution in [1.82, 2.24) is 15.3 Å². The summed E-state index contributed by atoms with van der Waals surface area (Å²) in [6, 6.07) is 5.98. The highest BCUT2D eigenvalue weighted by Crippen LogP contribution is 2.10. The van der Waals surface area contributed by atoms with E-state index in [1.54, 1.807) is 0 Å². The van der Waals surface area contributed by atoms with Gasteiger partial charge in [-0.1, -0.05) is 0 Å². The normalized spacial score (nSPS) is 12.3. The Bertz CT molecular complexity index is 568. The molecule has 0 aliphatic carbocycles. The Labute approximate surface area is 130 Å². The first-order valence-electron chi connectivity index (χ1n) is 5.95. The Hall–Kier alpha value is -1.31. The number of halogens is 1. The molecule has 19 heavy (non-hydrogen) atoms. The summed E-state index contributed by atoms with van der Waals surface area (Å²) in [5, 5.41) is 4.21. The maximum atomic E-state index is 5.80. The van der Waals surface area contributed by atoms with Crippen LogP contribution in [-0.4, -0.2) is 21.5 Å². The SMILES string of the molecule is CC(C)(C)NC(N)=NCc1ccc2cc[nH]c2n1.I. The van der Waals surface area contributed by atoms with Crippen LogP contribution in [0.15, 0.2) is 29.4 Å². The van der Waals surface area contributed by atoms with E-state index in [1.165, 1.54) is 0 Å². The van der Waals surface area contributed by atoms with Gasteiger partial charge in [0.2, 0.25) is 0 Å². The molecule has 0 bridgehead atoms. The minimum absolute atomic E-state index is 0. The molecule has 0 fully saturated rings. The minimum Gasteiger partial charge on any atom is -0.370 e. The van der Waals surface area contributed by atoms with E-state index in [1.807, 2.05) is 45.2 Å². The number of hydrogen-bond donors (Lipinski definition) is 3. The first kappa shape index (κ1) is 15.7. The lowest BCUT2D eigenvalue weighted by Gasteiger charge is -2.20.